The Morgan fingerprint density at radius 2 is 1.71 bits per heavy atom. The largest absolute Gasteiger partial charge is 0.477 e. The van der Waals surface area contributed by atoms with E-state index in [4.69, 9.17) is 5.73 Å². The van der Waals surface area contributed by atoms with Crippen molar-refractivity contribution < 1.29 is 29.4 Å². The van der Waals surface area contributed by atoms with Crippen molar-refractivity contribution in [1.29, 1.82) is 0 Å². The van der Waals surface area contributed by atoms with Gasteiger partial charge in [-0.25, -0.2) is 4.79 Å². The molecule has 1 fully saturated rings. The van der Waals surface area contributed by atoms with Crippen LogP contribution in [0, 0.1) is 5.92 Å². The van der Waals surface area contributed by atoms with Crippen LogP contribution in [-0.2, 0) is 9.59 Å². The monoisotopic (exact) mass is 418 g/mol. The number of benzene rings is 2. The van der Waals surface area contributed by atoms with Crippen LogP contribution < -0.4 is 5.73 Å². The number of aliphatic carboxylic acids is 1. The molecule has 2 heterocycles. The van der Waals surface area contributed by atoms with Gasteiger partial charge in [-0.15, -0.1) is 0 Å². The van der Waals surface area contributed by atoms with Crippen molar-refractivity contribution in [3.63, 3.8) is 0 Å². The minimum absolute atomic E-state index is 0.0951. The Kier molecular flexibility index (Phi) is 3.94. The van der Waals surface area contributed by atoms with Crippen LogP contribution in [0.25, 0.3) is 16.7 Å². The maximum Gasteiger partial charge on any atom is 0.352 e. The Morgan fingerprint density at radius 3 is 2.32 bits per heavy atom. The average molecular weight is 418 g/mol. The first-order chi connectivity index (χ1) is 14.7. The molecule has 3 atom stereocenters. The molecule has 2 amide bonds. The van der Waals surface area contributed by atoms with Gasteiger partial charge in [-0.3, -0.25) is 14.4 Å². The van der Waals surface area contributed by atoms with Crippen LogP contribution in [-0.4, -0.2) is 50.8 Å². The zero-order valence-electron chi connectivity index (χ0n) is 16.5. The van der Waals surface area contributed by atoms with E-state index in [1.165, 1.54) is 17.9 Å². The minimum atomic E-state index is -1.22. The van der Waals surface area contributed by atoms with Gasteiger partial charge in [0.1, 0.15) is 5.70 Å². The molecule has 5 rings (SSSR count). The van der Waals surface area contributed by atoms with E-state index >= 15 is 0 Å². The predicted octanol–water partition coefficient (Wildman–Crippen LogP) is 1.40. The third kappa shape index (κ3) is 2.51. The third-order valence-corrected chi connectivity index (χ3v) is 6.38. The molecule has 0 spiro atoms. The quantitative estimate of drug-likeness (QED) is 0.548. The van der Waals surface area contributed by atoms with Crippen molar-refractivity contribution >= 4 is 29.1 Å². The third-order valence-electron chi connectivity index (χ3n) is 6.38. The number of amides is 2. The Morgan fingerprint density at radius 1 is 1.06 bits per heavy atom. The Bertz CT molecular complexity index is 1260. The van der Waals surface area contributed by atoms with Gasteiger partial charge in [-0.2, -0.15) is 0 Å². The SMILES string of the molecule is C[C@@H](O)[C@H]1C(=O)N2C(C(=O)O)=C(c3ccc4c(c3)-c3cc(C(N)=O)ccc3C4=O)C[C@H]12. The van der Waals surface area contributed by atoms with E-state index in [0.717, 1.165) is 0 Å². The number of β-lactam (4-membered cyclic amide) rings is 1. The van der Waals surface area contributed by atoms with E-state index in [0.29, 0.717) is 39.8 Å². The molecule has 0 aromatic heterocycles. The summed E-state index contributed by atoms with van der Waals surface area (Å²) in [6.07, 6.45) is -0.580. The highest BCUT2D eigenvalue weighted by atomic mass is 16.4. The zero-order chi connectivity index (χ0) is 22.2. The second-order valence-corrected chi connectivity index (χ2v) is 8.09. The lowest BCUT2D eigenvalue weighted by Gasteiger charge is -2.44. The Labute approximate surface area is 176 Å². The number of primary amides is 1. The number of hydrogen-bond donors (Lipinski definition) is 3. The number of rotatable bonds is 4. The Balaban J connectivity index is 1.63. The number of nitrogens with zero attached hydrogens (tertiary/aromatic N) is 1. The first-order valence-corrected chi connectivity index (χ1v) is 9.81. The van der Waals surface area contributed by atoms with E-state index in [1.807, 2.05) is 0 Å². The van der Waals surface area contributed by atoms with Crippen molar-refractivity contribution in [1.82, 2.24) is 4.90 Å². The first kappa shape index (κ1) is 19.2. The number of ketones is 1. The lowest BCUT2D eigenvalue weighted by atomic mass is 9.82. The van der Waals surface area contributed by atoms with Crippen LogP contribution in [0.3, 0.4) is 0 Å². The lowest BCUT2D eigenvalue weighted by molar-refractivity contribution is -0.161. The molecule has 1 saturated heterocycles. The lowest BCUT2D eigenvalue weighted by Crippen LogP contribution is -2.61. The summed E-state index contributed by atoms with van der Waals surface area (Å²) in [7, 11) is 0. The molecule has 2 aromatic carbocycles. The van der Waals surface area contributed by atoms with Gasteiger partial charge in [0.05, 0.1) is 18.1 Å². The smallest absolute Gasteiger partial charge is 0.352 e. The van der Waals surface area contributed by atoms with Crippen molar-refractivity contribution in [2.24, 2.45) is 11.7 Å². The van der Waals surface area contributed by atoms with Gasteiger partial charge >= 0.3 is 5.97 Å². The van der Waals surface area contributed by atoms with Crippen molar-refractivity contribution in [3.8, 4) is 11.1 Å². The minimum Gasteiger partial charge on any atom is -0.477 e. The van der Waals surface area contributed by atoms with E-state index in [-0.39, 0.29) is 17.0 Å². The van der Waals surface area contributed by atoms with Gasteiger partial charge in [-0.1, -0.05) is 6.07 Å². The summed E-state index contributed by atoms with van der Waals surface area (Å²) in [4.78, 5) is 50.0. The fourth-order valence-electron chi connectivity index (χ4n) is 4.94. The number of hydrogen-bond acceptors (Lipinski definition) is 5. The highest BCUT2D eigenvalue weighted by Gasteiger charge is 2.56. The molecule has 4 N–H and O–H groups in total. The van der Waals surface area contributed by atoms with Crippen molar-refractivity contribution in [2.45, 2.75) is 25.5 Å². The number of fused-ring (bicyclic) bond motifs is 4. The maximum atomic E-state index is 12.7. The molecule has 1 aliphatic carbocycles. The van der Waals surface area contributed by atoms with Gasteiger partial charge in [-0.05, 0) is 65.9 Å². The topological polar surface area (TPSA) is 138 Å². The number of carboxylic acid groups (broad SMARTS) is 1. The molecule has 3 aliphatic rings. The molecule has 8 heteroatoms. The van der Waals surface area contributed by atoms with Crippen molar-refractivity contribution in [2.75, 3.05) is 0 Å². The number of nitrogens with two attached hydrogens (primary N) is 1. The van der Waals surface area contributed by atoms with Crippen LogP contribution in [0.5, 0.6) is 0 Å². The van der Waals surface area contributed by atoms with E-state index in [9.17, 15) is 29.4 Å². The summed E-state index contributed by atoms with van der Waals surface area (Å²) in [5.41, 5.74) is 8.66. The first-order valence-electron chi connectivity index (χ1n) is 9.81. The number of aliphatic hydroxyl groups is 1. The summed E-state index contributed by atoms with van der Waals surface area (Å²) in [6, 6.07) is 9.24. The molecular weight excluding hydrogens is 400 g/mol. The molecule has 0 saturated carbocycles. The maximum absolute atomic E-state index is 12.7. The normalized spacial score (nSPS) is 22.1. The number of carbonyl (C=O) groups excluding carboxylic acids is 3. The van der Waals surface area contributed by atoms with Gasteiger partial charge in [0.2, 0.25) is 11.8 Å². The molecule has 2 aromatic rings. The predicted molar refractivity (Wildman–Crippen MR) is 109 cm³/mol. The van der Waals surface area contributed by atoms with E-state index in [2.05, 4.69) is 0 Å². The summed E-state index contributed by atoms with van der Waals surface area (Å²) in [5.74, 6) is -3.05. The molecular formula is C23H18N2O6. The van der Waals surface area contributed by atoms with Crippen LogP contribution in [0.2, 0.25) is 0 Å². The summed E-state index contributed by atoms with van der Waals surface area (Å²) in [6.45, 7) is 1.52. The molecule has 156 valence electrons. The van der Waals surface area contributed by atoms with Crippen LogP contribution >= 0.6 is 0 Å². The summed E-state index contributed by atoms with van der Waals surface area (Å²) in [5, 5.41) is 19.7. The van der Waals surface area contributed by atoms with E-state index < -0.39 is 35.8 Å². The standard InChI is InChI=1S/C23H18N2O6/c1-9(26)18-17-8-14(19(23(30)31)25(17)22(18)29)10-2-4-12-15(6-10)16-7-11(21(24)28)3-5-13(16)20(12)27/h2-7,9,17-18,26H,8H2,1H3,(H2,24,28)(H,30,31)/t9-,17-,18-/m1/s1. The summed E-state index contributed by atoms with van der Waals surface area (Å²) >= 11 is 0. The molecule has 0 bridgehead atoms. The molecule has 2 aliphatic heterocycles. The number of carbonyl (C=O) groups is 4. The summed E-state index contributed by atoms with van der Waals surface area (Å²) < 4.78 is 0. The zero-order valence-corrected chi connectivity index (χ0v) is 16.5. The average Bonchev–Trinajstić information content (AvgIpc) is 3.20. The number of carboxylic acids is 1. The van der Waals surface area contributed by atoms with Crippen LogP contribution in [0.1, 0.15) is 45.2 Å². The highest BCUT2D eigenvalue weighted by molar-refractivity contribution is 6.22. The molecule has 0 radical (unpaired) electrons. The molecule has 8 nitrogen and oxygen atoms in total. The molecule has 0 unspecified atom stereocenters. The van der Waals surface area contributed by atoms with Gasteiger partial charge < -0.3 is 20.8 Å². The fraction of sp³-hybridized carbons (Fsp3) is 0.217. The van der Waals surface area contributed by atoms with E-state index in [1.54, 1.807) is 30.3 Å². The Hall–Kier alpha value is -3.78. The van der Waals surface area contributed by atoms with Crippen LogP contribution in [0.4, 0.5) is 0 Å². The highest BCUT2D eigenvalue weighted by Crippen LogP contribution is 2.48. The fourth-order valence-corrected chi connectivity index (χ4v) is 4.94. The van der Waals surface area contributed by atoms with Gasteiger partial charge in [0.25, 0.3) is 0 Å². The van der Waals surface area contributed by atoms with Gasteiger partial charge in [0, 0.05) is 16.7 Å². The van der Waals surface area contributed by atoms with Crippen LogP contribution in [0.15, 0.2) is 42.1 Å². The van der Waals surface area contributed by atoms with Crippen molar-refractivity contribution in [3.05, 3.63) is 64.3 Å². The van der Waals surface area contributed by atoms with Gasteiger partial charge in [0.15, 0.2) is 5.78 Å². The molecule has 31 heavy (non-hydrogen) atoms. The number of aliphatic hydroxyl groups excluding tert-OH is 1. The second kappa shape index (κ2) is 6.36. The second-order valence-electron chi connectivity index (χ2n) is 8.09.